The molecule has 0 aromatic heterocycles. The van der Waals surface area contributed by atoms with Crippen LogP contribution in [0.15, 0.2) is 0 Å². The molecule has 226 valence electrons. The third kappa shape index (κ3) is 13.4. The predicted molar refractivity (Wildman–Crippen MR) is 120 cm³/mol. The van der Waals surface area contributed by atoms with Gasteiger partial charge < -0.3 is 59.3 Å². The van der Waals surface area contributed by atoms with Gasteiger partial charge in [-0.1, -0.05) is 0 Å². The second kappa shape index (κ2) is 19.3. The van der Waals surface area contributed by atoms with Crippen LogP contribution in [-0.2, 0) is 48.1 Å². The summed E-state index contributed by atoms with van der Waals surface area (Å²) in [6.07, 6.45) is -18.5. The summed E-state index contributed by atoms with van der Waals surface area (Å²) in [6.45, 7) is -1.52. The molecular weight excluding hydrogens is 632 g/mol. The molecule has 0 saturated carbocycles. The molecule has 2 heterocycles. The Kier molecular flexibility index (Phi) is 20.1. The van der Waals surface area contributed by atoms with Crippen LogP contribution in [0, 0.1) is 0 Å². The van der Waals surface area contributed by atoms with Crippen molar-refractivity contribution in [2.45, 2.75) is 67.8 Å². The van der Waals surface area contributed by atoms with Gasteiger partial charge in [0.2, 0.25) is 20.8 Å². The number of ether oxygens (including phenoxy) is 4. The maximum atomic E-state index is 11.1. The maximum Gasteiger partial charge on any atom is 1.00 e. The number of hydrogen-bond acceptors (Lipinski definition) is 19. The molecule has 2 aliphatic rings. The Morgan fingerprint density at radius 1 is 0.825 bits per heavy atom. The van der Waals surface area contributed by atoms with E-state index in [9.17, 15) is 51.5 Å². The van der Waals surface area contributed by atoms with Crippen LogP contribution in [0.3, 0.4) is 0 Å². The fraction of sp³-hybridized carbons (Fsp3) is 1.00. The molecule has 2 saturated heterocycles. The van der Waals surface area contributed by atoms with Crippen molar-refractivity contribution in [1.82, 2.24) is 0 Å². The molecule has 10 atom stereocenters. The smallest absolute Gasteiger partial charge is 0.726 e. The van der Waals surface area contributed by atoms with Crippen molar-refractivity contribution in [1.29, 1.82) is 0 Å². The topological polar surface area (TPSA) is 297 Å². The Morgan fingerprint density at radius 3 is 1.95 bits per heavy atom. The molecule has 0 aliphatic carbocycles. The number of aliphatic hydroxyl groups excluding tert-OH is 5. The molecular formula is C17H31NNa2O17S3. The van der Waals surface area contributed by atoms with Gasteiger partial charge in [-0.3, -0.25) is 8.37 Å². The molecule has 23 heteroatoms. The zero-order chi connectivity index (χ0) is 28.7. The number of aliphatic hydroxyl groups is 5. The van der Waals surface area contributed by atoms with Crippen molar-refractivity contribution in [3.8, 4) is 0 Å². The van der Waals surface area contributed by atoms with Crippen LogP contribution >= 0.6 is 11.8 Å². The van der Waals surface area contributed by atoms with E-state index in [2.05, 4.69) is 8.37 Å². The molecule has 0 aromatic carbocycles. The van der Waals surface area contributed by atoms with Gasteiger partial charge in [-0.15, -0.1) is 0 Å². The predicted octanol–water partition coefficient (Wildman–Crippen LogP) is -11.3. The van der Waals surface area contributed by atoms with Gasteiger partial charge in [0.05, 0.1) is 19.8 Å². The van der Waals surface area contributed by atoms with E-state index in [1.807, 2.05) is 0 Å². The SMILES string of the molecule is NCCSCCCO[C@@H]1O[C@H](COS(=O)(=O)[O-])[C@H](O)[C@H](O[C@H]2O[C@H](CO)[C@H](O)[C@H](OS(=O)(=O)[O-])[C@H]2O)[C@H]1O.[Na+].[Na+]. The van der Waals surface area contributed by atoms with Gasteiger partial charge in [0.15, 0.2) is 12.6 Å². The van der Waals surface area contributed by atoms with Gasteiger partial charge in [0.25, 0.3) is 0 Å². The van der Waals surface area contributed by atoms with Crippen molar-refractivity contribution in [2.24, 2.45) is 5.73 Å². The van der Waals surface area contributed by atoms with Gasteiger partial charge in [-0.05, 0) is 12.2 Å². The van der Waals surface area contributed by atoms with Gasteiger partial charge in [-0.25, -0.2) is 16.8 Å². The van der Waals surface area contributed by atoms with E-state index < -0.39 is 95.4 Å². The Morgan fingerprint density at radius 2 is 1.40 bits per heavy atom. The van der Waals surface area contributed by atoms with E-state index in [1.165, 1.54) is 11.8 Å². The average Bonchev–Trinajstić information content (AvgIpc) is 2.82. The summed E-state index contributed by atoms with van der Waals surface area (Å²) in [5, 5.41) is 51.4. The average molecular weight is 664 g/mol. The third-order valence-electron chi connectivity index (χ3n) is 5.34. The molecule has 2 fully saturated rings. The Bertz CT molecular complexity index is 934. The number of nitrogens with two attached hydrogens (primary N) is 1. The number of thioether (sulfide) groups is 1. The van der Waals surface area contributed by atoms with Gasteiger partial charge >= 0.3 is 59.1 Å². The normalized spacial score (nSPS) is 35.0. The van der Waals surface area contributed by atoms with Crippen LogP contribution in [0.1, 0.15) is 6.42 Å². The third-order valence-corrected chi connectivity index (χ3v) is 7.32. The number of rotatable bonds is 15. The van der Waals surface area contributed by atoms with E-state index >= 15 is 0 Å². The fourth-order valence-corrected chi connectivity index (χ4v) is 5.10. The molecule has 0 spiro atoms. The molecule has 7 N–H and O–H groups in total. The summed E-state index contributed by atoms with van der Waals surface area (Å²) in [4.78, 5) is 0. The van der Waals surface area contributed by atoms with Crippen molar-refractivity contribution >= 4 is 32.6 Å². The Labute approximate surface area is 279 Å². The summed E-state index contributed by atoms with van der Waals surface area (Å²) in [5.41, 5.74) is 5.40. The maximum absolute atomic E-state index is 11.1. The van der Waals surface area contributed by atoms with Crippen LogP contribution in [0.2, 0.25) is 0 Å². The second-order valence-electron chi connectivity index (χ2n) is 8.12. The van der Waals surface area contributed by atoms with E-state index in [0.29, 0.717) is 24.5 Å². The minimum Gasteiger partial charge on any atom is -0.726 e. The quantitative estimate of drug-likeness (QED) is 0.0410. The van der Waals surface area contributed by atoms with Crippen LogP contribution < -0.4 is 64.8 Å². The van der Waals surface area contributed by atoms with Crippen LogP contribution in [0.5, 0.6) is 0 Å². The standard InChI is InChI=1S/C17H33NO17S3.2Na/c18-2-5-36-4-1-3-30-16-12(22)14(11(21)9(33-16)7-31-37(24,25)26)34-17-13(23)15(35-38(27,28)29)10(20)8(6-19)32-17;;/h8-17,19-23H,1-7,18H2,(H,24,25,26)(H,27,28,29);;/q;2*+1/p-2/t8-,9-,10+,11+,12-,13-,14+,15+,16-,17-;;/m1../s1. The van der Waals surface area contributed by atoms with Crippen molar-refractivity contribution in [3.05, 3.63) is 0 Å². The largest absolute Gasteiger partial charge is 1.00 e. The van der Waals surface area contributed by atoms with Gasteiger partial charge in [0, 0.05) is 12.3 Å². The first kappa shape index (κ1) is 41.7. The molecule has 0 aromatic rings. The second-order valence-corrected chi connectivity index (χ2v) is 11.4. The monoisotopic (exact) mass is 663 g/mol. The first-order valence-corrected chi connectivity index (χ1v) is 14.9. The molecule has 0 amide bonds. The molecule has 0 bridgehead atoms. The zero-order valence-electron chi connectivity index (χ0n) is 21.7. The van der Waals surface area contributed by atoms with Gasteiger partial charge in [-0.2, -0.15) is 11.8 Å². The van der Waals surface area contributed by atoms with E-state index in [1.54, 1.807) is 0 Å². The van der Waals surface area contributed by atoms with Crippen LogP contribution in [0.4, 0.5) is 0 Å². The molecule has 2 aliphatic heterocycles. The summed E-state index contributed by atoms with van der Waals surface area (Å²) in [6, 6.07) is 0. The van der Waals surface area contributed by atoms with E-state index in [0.717, 1.165) is 0 Å². The fourth-order valence-electron chi connectivity index (χ4n) is 3.60. The summed E-state index contributed by atoms with van der Waals surface area (Å²) in [7, 11) is -10.7. The van der Waals surface area contributed by atoms with Crippen LogP contribution in [-0.4, -0.2) is 151 Å². The number of hydrogen-bond donors (Lipinski definition) is 6. The zero-order valence-corrected chi connectivity index (χ0v) is 28.1. The van der Waals surface area contributed by atoms with E-state index in [4.69, 9.17) is 24.7 Å². The molecule has 0 radical (unpaired) electrons. The summed E-state index contributed by atoms with van der Waals surface area (Å²) >= 11 is 1.53. The molecule has 40 heavy (non-hydrogen) atoms. The first-order valence-electron chi connectivity index (χ1n) is 11.1. The minimum atomic E-state index is -5.47. The van der Waals surface area contributed by atoms with Crippen molar-refractivity contribution in [3.63, 3.8) is 0 Å². The first-order chi connectivity index (χ1) is 17.7. The Balaban J connectivity index is 0.00000760. The van der Waals surface area contributed by atoms with Crippen molar-refractivity contribution in [2.75, 3.05) is 37.9 Å². The molecule has 0 unspecified atom stereocenters. The summed E-state index contributed by atoms with van der Waals surface area (Å²) < 4.78 is 95.5. The van der Waals surface area contributed by atoms with E-state index in [-0.39, 0.29) is 65.7 Å². The minimum absolute atomic E-state index is 0. The molecule has 18 nitrogen and oxygen atoms in total. The molecule has 2 rings (SSSR count). The summed E-state index contributed by atoms with van der Waals surface area (Å²) in [5.74, 6) is 1.32. The van der Waals surface area contributed by atoms with Crippen LogP contribution in [0.25, 0.3) is 0 Å². The van der Waals surface area contributed by atoms with Gasteiger partial charge in [0.1, 0.15) is 48.8 Å². The van der Waals surface area contributed by atoms with Crippen molar-refractivity contribution < 1.29 is 138 Å². The Hall–Kier alpha value is 1.69.